The van der Waals surface area contributed by atoms with Crippen LogP contribution >= 0.6 is 0 Å². The number of hydrogen-bond donors (Lipinski definition) is 1. The first-order valence-corrected chi connectivity index (χ1v) is 16.1. The number of anilines is 1. The van der Waals surface area contributed by atoms with Gasteiger partial charge in [-0.05, 0) is 73.1 Å². The van der Waals surface area contributed by atoms with Crippen LogP contribution < -0.4 is 14.4 Å². The highest BCUT2D eigenvalue weighted by atomic mass is 16.5. The normalized spacial score (nSPS) is 17.4. The van der Waals surface area contributed by atoms with Crippen LogP contribution in [0.25, 0.3) is 0 Å². The van der Waals surface area contributed by atoms with Crippen LogP contribution in [-0.4, -0.2) is 23.2 Å². The van der Waals surface area contributed by atoms with Gasteiger partial charge in [-0.1, -0.05) is 109 Å². The van der Waals surface area contributed by atoms with Crippen LogP contribution in [0.1, 0.15) is 66.1 Å². The molecule has 0 spiro atoms. The van der Waals surface area contributed by atoms with Crippen molar-refractivity contribution in [2.75, 3.05) is 11.5 Å². The van der Waals surface area contributed by atoms with Crippen molar-refractivity contribution < 1.29 is 19.4 Å². The number of ether oxygens (including phenoxy) is 2. The molecule has 5 aromatic carbocycles. The highest BCUT2D eigenvalue weighted by Crippen LogP contribution is 2.56. The third-order valence-corrected chi connectivity index (χ3v) is 9.10. The topological polar surface area (TPSA) is 59.0 Å². The van der Waals surface area contributed by atoms with E-state index in [4.69, 9.17) is 9.47 Å². The third-order valence-electron chi connectivity index (χ3n) is 9.10. The maximum atomic E-state index is 15.7. The smallest absolute Gasteiger partial charge is 0.243 e. The lowest BCUT2D eigenvalue weighted by molar-refractivity contribution is -0.124. The van der Waals surface area contributed by atoms with Crippen LogP contribution in [0.3, 0.4) is 0 Å². The molecule has 5 heteroatoms. The molecule has 0 aromatic heterocycles. The Labute approximate surface area is 271 Å². The number of nitrogens with zero attached hydrogens (tertiary/aromatic N) is 1. The van der Waals surface area contributed by atoms with E-state index < -0.39 is 11.0 Å². The maximum absolute atomic E-state index is 15.7. The molecular formula is C41H39NO4. The second-order valence-corrected chi connectivity index (χ2v) is 13.0. The molecule has 2 aliphatic heterocycles. The van der Waals surface area contributed by atoms with Crippen LogP contribution in [0.15, 0.2) is 127 Å². The lowest BCUT2D eigenvalue weighted by Gasteiger charge is -2.37. The molecule has 5 nitrogen and oxygen atoms in total. The Morgan fingerprint density at radius 1 is 0.826 bits per heavy atom. The van der Waals surface area contributed by atoms with E-state index in [0.717, 1.165) is 57.7 Å². The minimum Gasteiger partial charge on any atom is -0.493 e. The zero-order chi connectivity index (χ0) is 31.7. The molecule has 0 fully saturated rings. The fourth-order valence-electron chi connectivity index (χ4n) is 7.24. The molecule has 1 unspecified atom stereocenters. The Balaban J connectivity index is 1.47. The number of aryl methyl sites for hydroxylation is 1. The van der Waals surface area contributed by atoms with Gasteiger partial charge < -0.3 is 14.6 Å². The second kappa shape index (κ2) is 12.1. The Morgan fingerprint density at radius 3 is 2.09 bits per heavy atom. The first-order chi connectivity index (χ1) is 22.3. The highest BCUT2D eigenvalue weighted by molar-refractivity contribution is 6.12. The predicted octanol–water partition coefficient (Wildman–Crippen LogP) is 8.17. The van der Waals surface area contributed by atoms with Gasteiger partial charge in [-0.15, -0.1) is 0 Å². The van der Waals surface area contributed by atoms with Crippen molar-refractivity contribution in [3.63, 3.8) is 0 Å². The quantitative estimate of drug-likeness (QED) is 0.183. The lowest BCUT2D eigenvalue weighted by Crippen LogP contribution is -2.47. The van der Waals surface area contributed by atoms with Crippen LogP contribution in [0.2, 0.25) is 0 Å². The van der Waals surface area contributed by atoms with Crippen LogP contribution in [0.4, 0.5) is 5.69 Å². The van der Waals surface area contributed by atoms with Gasteiger partial charge in [0.05, 0.1) is 18.2 Å². The van der Waals surface area contributed by atoms with E-state index >= 15 is 4.79 Å². The van der Waals surface area contributed by atoms with Crippen molar-refractivity contribution in [1.29, 1.82) is 0 Å². The van der Waals surface area contributed by atoms with Gasteiger partial charge in [-0.2, -0.15) is 0 Å². The van der Waals surface area contributed by atoms with Crippen molar-refractivity contribution >= 4 is 11.6 Å². The summed E-state index contributed by atoms with van der Waals surface area (Å²) in [5.41, 5.74) is 4.14. The molecule has 46 heavy (non-hydrogen) atoms. The third kappa shape index (κ3) is 5.45. The SMILES string of the molecule is CC(C)(O)CC1(c2cc3c(cc2OCc2ccccc2)OCCC3)C(=O)N(C(c2ccccc2)c2ccccc2)c2ccccc21. The average molecular weight is 610 g/mol. The molecule has 2 aliphatic rings. The minimum atomic E-state index is -1.23. The first kappa shape index (κ1) is 29.8. The molecule has 0 saturated heterocycles. The summed E-state index contributed by atoms with van der Waals surface area (Å²) in [7, 11) is 0. The van der Waals surface area contributed by atoms with Crippen molar-refractivity contribution in [3.05, 3.63) is 161 Å². The molecule has 0 aliphatic carbocycles. The summed E-state index contributed by atoms with van der Waals surface area (Å²) in [6, 6.07) is 42.1. The summed E-state index contributed by atoms with van der Waals surface area (Å²) in [4.78, 5) is 17.6. The summed E-state index contributed by atoms with van der Waals surface area (Å²) in [5.74, 6) is 1.29. The number of hydrogen-bond acceptors (Lipinski definition) is 4. The average Bonchev–Trinajstić information content (AvgIpc) is 3.31. The Hall–Kier alpha value is -4.87. The maximum Gasteiger partial charge on any atom is 0.243 e. The summed E-state index contributed by atoms with van der Waals surface area (Å²) >= 11 is 0. The van der Waals surface area contributed by atoms with Gasteiger partial charge in [0.25, 0.3) is 0 Å². The number of carbonyl (C=O) groups is 1. The summed E-state index contributed by atoms with van der Waals surface area (Å²) in [6.07, 6.45) is 1.91. The highest BCUT2D eigenvalue weighted by Gasteiger charge is 2.57. The van der Waals surface area contributed by atoms with E-state index in [1.54, 1.807) is 13.8 Å². The standard InChI is InChI=1S/C41H39NO4/c1-40(2,44)28-41(34-25-32-21-14-24-45-36(32)26-37(34)46-27-29-15-6-3-7-16-29)33-22-12-13-23-35(33)42(39(41)43)38(30-17-8-4-9-18-30)31-19-10-5-11-20-31/h3-13,15-20,22-23,25-26,38,44H,14,21,24,27-28H2,1-2H3. The number of carbonyl (C=O) groups excluding carboxylic acids is 1. The van der Waals surface area contributed by atoms with E-state index in [2.05, 4.69) is 30.3 Å². The molecule has 1 amide bonds. The van der Waals surface area contributed by atoms with Gasteiger partial charge in [-0.25, -0.2) is 0 Å². The number of benzene rings is 5. The van der Waals surface area contributed by atoms with Gasteiger partial charge in [0.2, 0.25) is 5.91 Å². The van der Waals surface area contributed by atoms with Crippen LogP contribution in [0, 0.1) is 0 Å². The number of fused-ring (bicyclic) bond motifs is 2. The zero-order valence-electron chi connectivity index (χ0n) is 26.4. The van der Waals surface area contributed by atoms with E-state index in [9.17, 15) is 5.11 Å². The molecule has 1 atom stereocenters. The molecular weight excluding hydrogens is 570 g/mol. The van der Waals surface area contributed by atoms with E-state index in [1.165, 1.54) is 0 Å². The fourth-order valence-corrected chi connectivity index (χ4v) is 7.24. The molecule has 0 saturated carbocycles. The Kier molecular flexibility index (Phi) is 7.87. The second-order valence-electron chi connectivity index (χ2n) is 13.0. The fraction of sp³-hybridized carbons (Fsp3) is 0.244. The number of rotatable bonds is 9. The van der Waals surface area contributed by atoms with E-state index in [-0.39, 0.29) is 18.4 Å². The molecule has 0 bridgehead atoms. The van der Waals surface area contributed by atoms with E-state index in [0.29, 0.717) is 19.0 Å². The summed E-state index contributed by atoms with van der Waals surface area (Å²) < 4.78 is 12.8. The number of para-hydroxylation sites is 1. The van der Waals surface area contributed by atoms with Gasteiger partial charge in [0.1, 0.15) is 23.5 Å². The lowest BCUT2D eigenvalue weighted by atomic mass is 9.68. The van der Waals surface area contributed by atoms with Gasteiger partial charge in [-0.3, -0.25) is 9.69 Å². The van der Waals surface area contributed by atoms with Crippen LogP contribution in [0.5, 0.6) is 11.5 Å². The molecule has 7 rings (SSSR count). The zero-order valence-corrected chi connectivity index (χ0v) is 26.4. The Morgan fingerprint density at radius 2 is 1.43 bits per heavy atom. The Bertz CT molecular complexity index is 1790. The molecule has 1 N–H and O–H groups in total. The molecule has 5 aromatic rings. The van der Waals surface area contributed by atoms with Crippen molar-refractivity contribution in [2.24, 2.45) is 0 Å². The van der Waals surface area contributed by atoms with E-state index in [1.807, 2.05) is 102 Å². The van der Waals surface area contributed by atoms with Crippen molar-refractivity contribution in [1.82, 2.24) is 0 Å². The summed E-state index contributed by atoms with van der Waals surface area (Å²) in [5, 5.41) is 11.6. The van der Waals surface area contributed by atoms with Crippen LogP contribution in [-0.2, 0) is 23.2 Å². The first-order valence-electron chi connectivity index (χ1n) is 16.1. The van der Waals surface area contributed by atoms with Crippen molar-refractivity contribution in [2.45, 2.75) is 56.8 Å². The molecule has 2 heterocycles. The molecule has 232 valence electrons. The predicted molar refractivity (Wildman–Crippen MR) is 181 cm³/mol. The van der Waals surface area contributed by atoms with Gasteiger partial charge >= 0.3 is 0 Å². The number of amides is 1. The molecule has 0 radical (unpaired) electrons. The largest absolute Gasteiger partial charge is 0.493 e. The number of aliphatic hydroxyl groups is 1. The summed E-state index contributed by atoms with van der Waals surface area (Å²) in [6.45, 7) is 4.54. The van der Waals surface area contributed by atoms with Gasteiger partial charge in [0, 0.05) is 17.3 Å². The monoisotopic (exact) mass is 609 g/mol. The minimum absolute atomic E-state index is 0.0882. The van der Waals surface area contributed by atoms with Crippen molar-refractivity contribution in [3.8, 4) is 11.5 Å². The van der Waals surface area contributed by atoms with Gasteiger partial charge in [0.15, 0.2) is 0 Å².